The van der Waals surface area contributed by atoms with E-state index in [1.54, 1.807) is 16.7 Å². The van der Waals surface area contributed by atoms with Gasteiger partial charge in [-0.1, -0.05) is 18.2 Å². The molecule has 0 aromatic heterocycles. The highest BCUT2D eigenvalue weighted by molar-refractivity contribution is 7.99. The van der Waals surface area contributed by atoms with Crippen LogP contribution in [0.5, 0.6) is 0 Å². The number of carbonyl (C=O) groups is 2. The molecular weight excluding hydrogens is 250 g/mol. The molecule has 1 aromatic rings. The standard InChI is InChI=1S/C12H13NO2S.CH4O/c1-9(14)12(15)13-6-7-16-11-5-3-2-4-10(11)8-13;1-2/h2-5H,6-8H2,1H3;2H,1H3. The fraction of sp³-hybridized carbons (Fsp3) is 0.385. The molecule has 0 unspecified atom stereocenters. The predicted octanol–water partition coefficient (Wildman–Crippen LogP) is 1.32. The summed E-state index contributed by atoms with van der Waals surface area (Å²) in [6.07, 6.45) is 0. The topological polar surface area (TPSA) is 57.6 Å². The maximum atomic E-state index is 11.6. The molecule has 1 aliphatic rings. The molecule has 1 aromatic carbocycles. The molecule has 0 saturated carbocycles. The summed E-state index contributed by atoms with van der Waals surface area (Å²) >= 11 is 1.74. The van der Waals surface area contributed by atoms with Gasteiger partial charge in [0, 0.05) is 37.8 Å². The first-order chi connectivity index (χ1) is 8.68. The van der Waals surface area contributed by atoms with Gasteiger partial charge in [-0.05, 0) is 11.6 Å². The van der Waals surface area contributed by atoms with Gasteiger partial charge in [-0.2, -0.15) is 0 Å². The van der Waals surface area contributed by atoms with Gasteiger partial charge in [-0.25, -0.2) is 0 Å². The molecule has 1 amide bonds. The van der Waals surface area contributed by atoms with E-state index < -0.39 is 0 Å². The van der Waals surface area contributed by atoms with Gasteiger partial charge in [0.2, 0.25) is 5.78 Å². The molecule has 1 N–H and O–H groups in total. The molecule has 1 aliphatic heterocycles. The Morgan fingerprint density at radius 3 is 2.61 bits per heavy atom. The second-order valence-electron chi connectivity index (χ2n) is 3.74. The summed E-state index contributed by atoms with van der Waals surface area (Å²) in [4.78, 5) is 25.5. The van der Waals surface area contributed by atoms with Crippen molar-refractivity contribution in [1.82, 2.24) is 4.90 Å². The molecule has 18 heavy (non-hydrogen) atoms. The summed E-state index contributed by atoms with van der Waals surface area (Å²) in [6.45, 7) is 2.51. The van der Waals surface area contributed by atoms with E-state index in [4.69, 9.17) is 5.11 Å². The number of hydrogen-bond acceptors (Lipinski definition) is 4. The van der Waals surface area contributed by atoms with E-state index in [1.807, 2.05) is 18.2 Å². The highest BCUT2D eigenvalue weighted by atomic mass is 32.2. The average molecular weight is 267 g/mol. The zero-order chi connectivity index (χ0) is 13.5. The lowest BCUT2D eigenvalue weighted by atomic mass is 10.2. The third-order valence-electron chi connectivity index (χ3n) is 2.54. The summed E-state index contributed by atoms with van der Waals surface area (Å²) in [5.74, 6) is 0.0810. The molecule has 2 rings (SSSR count). The summed E-state index contributed by atoms with van der Waals surface area (Å²) in [6, 6.07) is 8.02. The molecule has 0 fully saturated rings. The Kier molecular flexibility index (Phi) is 5.88. The lowest BCUT2D eigenvalue weighted by molar-refractivity contribution is -0.143. The SMILES string of the molecule is CC(=O)C(=O)N1CCSc2ccccc2C1.CO. The fourth-order valence-electron chi connectivity index (χ4n) is 1.72. The molecule has 4 nitrogen and oxygen atoms in total. The largest absolute Gasteiger partial charge is 0.400 e. The molecule has 0 radical (unpaired) electrons. The number of fused-ring (bicyclic) bond motifs is 1. The molecule has 0 spiro atoms. The van der Waals surface area contributed by atoms with Crippen molar-refractivity contribution in [2.24, 2.45) is 0 Å². The van der Waals surface area contributed by atoms with E-state index in [1.165, 1.54) is 11.8 Å². The van der Waals surface area contributed by atoms with Crippen molar-refractivity contribution in [3.63, 3.8) is 0 Å². The summed E-state index contributed by atoms with van der Waals surface area (Å²) in [7, 11) is 1.00. The van der Waals surface area contributed by atoms with Crippen molar-refractivity contribution in [3.05, 3.63) is 29.8 Å². The zero-order valence-corrected chi connectivity index (χ0v) is 11.4. The number of rotatable bonds is 1. The normalized spacial score (nSPS) is 13.8. The maximum Gasteiger partial charge on any atom is 0.289 e. The number of benzene rings is 1. The molecule has 0 atom stereocenters. The van der Waals surface area contributed by atoms with Crippen LogP contribution in [0.1, 0.15) is 12.5 Å². The lowest BCUT2D eigenvalue weighted by Gasteiger charge is -2.18. The first kappa shape index (κ1) is 14.7. The van der Waals surface area contributed by atoms with Gasteiger partial charge in [-0.3, -0.25) is 9.59 Å². The predicted molar refractivity (Wildman–Crippen MR) is 71.4 cm³/mol. The number of amides is 1. The molecule has 5 heteroatoms. The van der Waals surface area contributed by atoms with Crippen LogP contribution < -0.4 is 0 Å². The first-order valence-corrected chi connectivity index (χ1v) is 6.62. The number of nitrogens with zero attached hydrogens (tertiary/aromatic N) is 1. The Bertz CT molecular complexity index is 434. The van der Waals surface area contributed by atoms with Crippen molar-refractivity contribution in [2.45, 2.75) is 18.4 Å². The molecule has 0 bridgehead atoms. The number of thioether (sulfide) groups is 1. The Hall–Kier alpha value is -1.33. The van der Waals surface area contributed by atoms with Gasteiger partial charge in [-0.15, -0.1) is 11.8 Å². The van der Waals surface area contributed by atoms with Crippen molar-refractivity contribution >= 4 is 23.5 Å². The van der Waals surface area contributed by atoms with Crippen molar-refractivity contribution in [2.75, 3.05) is 19.4 Å². The quantitative estimate of drug-likeness (QED) is 0.780. The van der Waals surface area contributed by atoms with E-state index in [9.17, 15) is 9.59 Å². The maximum absolute atomic E-state index is 11.6. The first-order valence-electron chi connectivity index (χ1n) is 5.64. The summed E-state index contributed by atoms with van der Waals surface area (Å²) in [5, 5.41) is 7.00. The Morgan fingerprint density at radius 2 is 1.94 bits per heavy atom. The number of ketones is 1. The smallest absolute Gasteiger partial charge is 0.289 e. The van der Waals surface area contributed by atoms with Crippen LogP contribution in [-0.4, -0.2) is 41.1 Å². The van der Waals surface area contributed by atoms with E-state index >= 15 is 0 Å². The molecular formula is C13H17NO3S. The number of carbonyl (C=O) groups excluding carboxylic acids is 2. The van der Waals surface area contributed by atoms with Gasteiger partial charge < -0.3 is 10.0 Å². The highest BCUT2D eigenvalue weighted by Gasteiger charge is 2.21. The lowest BCUT2D eigenvalue weighted by Crippen LogP contribution is -2.35. The molecule has 98 valence electrons. The average Bonchev–Trinajstić information content (AvgIpc) is 2.62. The van der Waals surface area contributed by atoms with Crippen molar-refractivity contribution in [3.8, 4) is 0 Å². The Balaban J connectivity index is 0.000000771. The van der Waals surface area contributed by atoms with Crippen LogP contribution in [0.4, 0.5) is 0 Å². The van der Waals surface area contributed by atoms with E-state index in [0.29, 0.717) is 13.1 Å². The van der Waals surface area contributed by atoms with Crippen LogP contribution in [-0.2, 0) is 16.1 Å². The summed E-state index contributed by atoms with van der Waals surface area (Å²) in [5.41, 5.74) is 1.12. The molecule has 0 aliphatic carbocycles. The second-order valence-corrected chi connectivity index (χ2v) is 4.88. The van der Waals surface area contributed by atoms with Crippen LogP contribution >= 0.6 is 11.8 Å². The van der Waals surface area contributed by atoms with Crippen molar-refractivity contribution < 1.29 is 14.7 Å². The van der Waals surface area contributed by atoms with Crippen LogP contribution in [0.15, 0.2) is 29.2 Å². The Labute approximate surface area is 111 Å². The van der Waals surface area contributed by atoms with Gasteiger partial charge in [0.05, 0.1) is 0 Å². The zero-order valence-electron chi connectivity index (χ0n) is 10.5. The van der Waals surface area contributed by atoms with Crippen LogP contribution in [0.2, 0.25) is 0 Å². The van der Waals surface area contributed by atoms with Crippen molar-refractivity contribution in [1.29, 1.82) is 0 Å². The van der Waals surface area contributed by atoms with Gasteiger partial charge in [0.25, 0.3) is 5.91 Å². The van der Waals surface area contributed by atoms with E-state index in [0.717, 1.165) is 18.4 Å². The second kappa shape index (κ2) is 7.18. The molecule has 0 saturated heterocycles. The third-order valence-corrected chi connectivity index (χ3v) is 3.64. The minimum absolute atomic E-state index is 0.377. The van der Waals surface area contributed by atoms with Gasteiger partial charge >= 0.3 is 0 Å². The van der Waals surface area contributed by atoms with Crippen LogP contribution in [0.25, 0.3) is 0 Å². The van der Waals surface area contributed by atoms with Crippen LogP contribution in [0, 0.1) is 0 Å². The third kappa shape index (κ3) is 3.58. The highest BCUT2D eigenvalue weighted by Crippen LogP contribution is 2.26. The van der Waals surface area contributed by atoms with Crippen LogP contribution in [0.3, 0.4) is 0 Å². The number of Topliss-reactive ketones (excluding diaryl/α,β-unsaturated/α-hetero) is 1. The van der Waals surface area contributed by atoms with Gasteiger partial charge in [0.15, 0.2) is 0 Å². The molecule has 1 heterocycles. The minimum atomic E-state index is -0.385. The van der Waals surface area contributed by atoms with E-state index in [2.05, 4.69) is 6.07 Å². The number of hydrogen-bond donors (Lipinski definition) is 1. The summed E-state index contributed by atoms with van der Waals surface area (Å²) < 4.78 is 0. The minimum Gasteiger partial charge on any atom is -0.400 e. The Morgan fingerprint density at radius 1 is 1.28 bits per heavy atom. The monoisotopic (exact) mass is 267 g/mol. The van der Waals surface area contributed by atoms with Gasteiger partial charge in [0.1, 0.15) is 0 Å². The number of aliphatic hydroxyl groups excluding tert-OH is 1. The van der Waals surface area contributed by atoms with E-state index in [-0.39, 0.29) is 11.7 Å². The fourth-order valence-corrected chi connectivity index (χ4v) is 2.75. The number of aliphatic hydroxyl groups is 1.